The van der Waals surface area contributed by atoms with Crippen molar-refractivity contribution in [3.63, 3.8) is 0 Å². The molecule has 0 spiro atoms. The summed E-state index contributed by atoms with van der Waals surface area (Å²) in [6.07, 6.45) is 8.20. The molecule has 0 atom stereocenters. The van der Waals surface area contributed by atoms with E-state index < -0.39 is 0 Å². The van der Waals surface area contributed by atoms with E-state index in [1.54, 1.807) is 6.08 Å². The highest BCUT2D eigenvalue weighted by atomic mass is 16.5. The summed E-state index contributed by atoms with van der Waals surface area (Å²) in [6.45, 7) is 6.92. The Morgan fingerprint density at radius 3 is 2.81 bits per heavy atom. The number of rotatable bonds is 9. The lowest BCUT2D eigenvalue weighted by molar-refractivity contribution is -0.116. The highest BCUT2D eigenvalue weighted by Crippen LogP contribution is 2.15. The minimum Gasteiger partial charge on any atom is -0.491 e. The van der Waals surface area contributed by atoms with Crippen LogP contribution in [0.15, 0.2) is 30.3 Å². The third kappa shape index (κ3) is 8.18. The largest absolute Gasteiger partial charge is 0.491 e. The molecule has 1 aromatic carbocycles. The van der Waals surface area contributed by atoms with Gasteiger partial charge in [-0.3, -0.25) is 4.79 Å². The summed E-state index contributed by atoms with van der Waals surface area (Å²) in [5.41, 5.74) is 0.967. The average Bonchev–Trinajstić information content (AvgIpc) is 2.44. The molecule has 0 unspecified atom stereocenters. The van der Waals surface area contributed by atoms with Crippen LogP contribution in [-0.2, 0) is 4.79 Å². The van der Waals surface area contributed by atoms with Crippen molar-refractivity contribution in [3.05, 3.63) is 35.9 Å². The first-order valence-electron chi connectivity index (χ1n) is 7.84. The van der Waals surface area contributed by atoms with Gasteiger partial charge in [0.2, 0.25) is 5.91 Å². The number of hydrogen-bond acceptors (Lipinski definition) is 2. The average molecular weight is 289 g/mol. The summed E-state index contributed by atoms with van der Waals surface area (Å²) in [5.74, 6) is 0.786. The Morgan fingerprint density at radius 2 is 2.10 bits per heavy atom. The Labute approximate surface area is 128 Å². The van der Waals surface area contributed by atoms with E-state index in [4.69, 9.17) is 4.74 Å². The topological polar surface area (TPSA) is 38.3 Å². The van der Waals surface area contributed by atoms with Gasteiger partial charge in [-0.05, 0) is 44.0 Å². The zero-order chi connectivity index (χ0) is 15.5. The molecular formula is C18H27NO2. The van der Waals surface area contributed by atoms with Gasteiger partial charge in [0.05, 0.1) is 6.10 Å². The minimum absolute atomic E-state index is 0.0401. The Hall–Kier alpha value is -1.77. The summed E-state index contributed by atoms with van der Waals surface area (Å²) in [5, 5.41) is 2.90. The third-order valence-corrected chi connectivity index (χ3v) is 2.99. The van der Waals surface area contributed by atoms with Gasteiger partial charge in [0.15, 0.2) is 0 Å². The summed E-state index contributed by atoms with van der Waals surface area (Å²) in [7, 11) is 0. The van der Waals surface area contributed by atoms with Gasteiger partial charge in [-0.2, -0.15) is 0 Å². The van der Waals surface area contributed by atoms with E-state index in [1.165, 1.54) is 19.3 Å². The Morgan fingerprint density at radius 1 is 1.29 bits per heavy atom. The van der Waals surface area contributed by atoms with Crippen molar-refractivity contribution in [3.8, 4) is 5.75 Å². The van der Waals surface area contributed by atoms with Crippen LogP contribution in [0.1, 0.15) is 52.0 Å². The van der Waals surface area contributed by atoms with Crippen LogP contribution < -0.4 is 10.1 Å². The van der Waals surface area contributed by atoms with Crippen LogP contribution in [0.5, 0.6) is 5.75 Å². The second kappa shape index (κ2) is 10.0. The second-order valence-corrected chi connectivity index (χ2v) is 5.42. The number of carbonyl (C=O) groups excluding carboxylic acids is 1. The molecule has 0 saturated carbocycles. The fourth-order valence-electron chi connectivity index (χ4n) is 1.96. The van der Waals surface area contributed by atoms with E-state index in [9.17, 15) is 4.79 Å². The predicted octanol–water partition coefficient (Wildman–Crippen LogP) is 4.18. The van der Waals surface area contributed by atoms with Gasteiger partial charge < -0.3 is 10.1 Å². The first kappa shape index (κ1) is 17.3. The quantitative estimate of drug-likeness (QED) is 0.547. The van der Waals surface area contributed by atoms with Crippen LogP contribution in [0.2, 0.25) is 0 Å². The van der Waals surface area contributed by atoms with Crippen LogP contribution in [0, 0.1) is 0 Å². The standard InChI is InChI=1S/C18H27NO2/c1-4-5-6-7-13-19-18(20)12-11-16-9-8-10-17(14-16)21-15(2)3/h8-12,14-15H,4-7,13H2,1-3H3,(H,19,20)/b12-11+. The van der Waals surface area contributed by atoms with E-state index in [2.05, 4.69) is 12.2 Å². The number of amides is 1. The first-order valence-corrected chi connectivity index (χ1v) is 7.84. The molecular weight excluding hydrogens is 262 g/mol. The molecule has 3 heteroatoms. The van der Waals surface area contributed by atoms with Gasteiger partial charge in [0.1, 0.15) is 5.75 Å². The molecule has 0 radical (unpaired) electrons. The fraction of sp³-hybridized carbons (Fsp3) is 0.500. The molecule has 0 aliphatic rings. The van der Waals surface area contributed by atoms with E-state index in [0.29, 0.717) is 0 Å². The maximum Gasteiger partial charge on any atom is 0.243 e. The van der Waals surface area contributed by atoms with Crippen molar-refractivity contribution in [2.75, 3.05) is 6.54 Å². The summed E-state index contributed by atoms with van der Waals surface area (Å²) in [4.78, 5) is 11.7. The molecule has 1 rings (SSSR count). The molecule has 0 saturated heterocycles. The summed E-state index contributed by atoms with van der Waals surface area (Å²) in [6, 6.07) is 7.74. The highest BCUT2D eigenvalue weighted by molar-refractivity contribution is 5.91. The number of unbranched alkanes of at least 4 members (excludes halogenated alkanes) is 3. The molecule has 1 aromatic rings. The second-order valence-electron chi connectivity index (χ2n) is 5.42. The molecule has 0 aromatic heterocycles. The molecule has 1 N–H and O–H groups in total. The minimum atomic E-state index is -0.0401. The number of carbonyl (C=O) groups is 1. The molecule has 116 valence electrons. The zero-order valence-corrected chi connectivity index (χ0v) is 13.4. The van der Waals surface area contributed by atoms with E-state index >= 15 is 0 Å². The number of hydrogen-bond donors (Lipinski definition) is 1. The van der Waals surface area contributed by atoms with E-state index in [1.807, 2.05) is 44.2 Å². The fourth-order valence-corrected chi connectivity index (χ4v) is 1.96. The molecule has 0 aliphatic heterocycles. The van der Waals surface area contributed by atoms with Gasteiger partial charge in [-0.1, -0.05) is 38.3 Å². The van der Waals surface area contributed by atoms with Crippen LogP contribution in [-0.4, -0.2) is 18.6 Å². The lowest BCUT2D eigenvalue weighted by Gasteiger charge is -2.09. The third-order valence-electron chi connectivity index (χ3n) is 2.99. The Kier molecular flexibility index (Phi) is 8.25. The van der Waals surface area contributed by atoms with Gasteiger partial charge >= 0.3 is 0 Å². The van der Waals surface area contributed by atoms with Crippen LogP contribution in [0.25, 0.3) is 6.08 Å². The van der Waals surface area contributed by atoms with Crippen molar-refractivity contribution in [2.45, 2.75) is 52.6 Å². The highest BCUT2D eigenvalue weighted by Gasteiger charge is 1.99. The van der Waals surface area contributed by atoms with E-state index in [-0.39, 0.29) is 12.0 Å². The number of nitrogens with one attached hydrogen (secondary N) is 1. The van der Waals surface area contributed by atoms with E-state index in [0.717, 1.165) is 24.3 Å². The summed E-state index contributed by atoms with van der Waals surface area (Å²) < 4.78 is 5.63. The normalized spacial score (nSPS) is 11.0. The van der Waals surface area contributed by atoms with Gasteiger partial charge in [-0.15, -0.1) is 0 Å². The maximum absolute atomic E-state index is 11.7. The molecule has 0 fully saturated rings. The monoisotopic (exact) mass is 289 g/mol. The lowest BCUT2D eigenvalue weighted by atomic mass is 10.2. The van der Waals surface area contributed by atoms with Crippen LogP contribution in [0.4, 0.5) is 0 Å². The maximum atomic E-state index is 11.7. The molecule has 3 nitrogen and oxygen atoms in total. The molecule has 0 heterocycles. The molecule has 21 heavy (non-hydrogen) atoms. The SMILES string of the molecule is CCCCCCNC(=O)/C=C/c1cccc(OC(C)C)c1. The smallest absolute Gasteiger partial charge is 0.243 e. The summed E-state index contributed by atoms with van der Waals surface area (Å²) >= 11 is 0. The van der Waals surface area contributed by atoms with Crippen molar-refractivity contribution < 1.29 is 9.53 Å². The Bertz CT molecular complexity index is 452. The van der Waals surface area contributed by atoms with Crippen molar-refractivity contribution in [1.82, 2.24) is 5.32 Å². The van der Waals surface area contributed by atoms with Gasteiger partial charge in [0.25, 0.3) is 0 Å². The van der Waals surface area contributed by atoms with Crippen molar-refractivity contribution >= 4 is 12.0 Å². The zero-order valence-electron chi connectivity index (χ0n) is 13.4. The van der Waals surface area contributed by atoms with Crippen molar-refractivity contribution in [1.29, 1.82) is 0 Å². The predicted molar refractivity (Wildman–Crippen MR) is 88.4 cm³/mol. The number of ether oxygens (including phenoxy) is 1. The number of benzene rings is 1. The van der Waals surface area contributed by atoms with Gasteiger partial charge in [0, 0.05) is 12.6 Å². The Balaban J connectivity index is 2.39. The molecule has 0 bridgehead atoms. The van der Waals surface area contributed by atoms with Crippen LogP contribution in [0.3, 0.4) is 0 Å². The van der Waals surface area contributed by atoms with Crippen molar-refractivity contribution in [2.24, 2.45) is 0 Å². The van der Waals surface area contributed by atoms with Crippen LogP contribution >= 0.6 is 0 Å². The first-order chi connectivity index (χ1) is 10.1. The molecule has 0 aliphatic carbocycles. The van der Waals surface area contributed by atoms with Gasteiger partial charge in [-0.25, -0.2) is 0 Å². The lowest BCUT2D eigenvalue weighted by Crippen LogP contribution is -2.21. The molecule has 1 amide bonds.